The van der Waals surface area contributed by atoms with Crippen LogP contribution in [0, 0.1) is 0 Å². The van der Waals surface area contributed by atoms with Crippen LogP contribution in [0.3, 0.4) is 0 Å². The maximum atomic E-state index is 11.6. The number of esters is 1. The van der Waals surface area contributed by atoms with Gasteiger partial charge in [0.2, 0.25) is 0 Å². The molecule has 0 aromatic carbocycles. The zero-order valence-electron chi connectivity index (χ0n) is 10.1. The third-order valence-electron chi connectivity index (χ3n) is 1.92. The van der Waals surface area contributed by atoms with Crippen LogP contribution in [0.25, 0.3) is 0 Å². The van der Waals surface area contributed by atoms with Crippen molar-refractivity contribution in [1.29, 1.82) is 0 Å². The highest BCUT2D eigenvalue weighted by Gasteiger charge is 2.23. The van der Waals surface area contributed by atoms with E-state index in [1.54, 1.807) is 38.7 Å². The highest BCUT2D eigenvalue weighted by atomic mass is 16.6. The summed E-state index contributed by atoms with van der Waals surface area (Å²) in [5.74, 6) is 0.244. The van der Waals surface area contributed by atoms with E-state index in [1.807, 2.05) is 0 Å². The van der Waals surface area contributed by atoms with Gasteiger partial charge in [0, 0.05) is 13.5 Å². The van der Waals surface area contributed by atoms with Gasteiger partial charge in [-0.25, -0.2) is 0 Å². The number of rotatable bonds is 3. The monoisotopic (exact) mass is 226 g/mol. The maximum absolute atomic E-state index is 11.6. The molecule has 1 aromatic heterocycles. The molecule has 0 aliphatic rings. The topological polar surface area (TPSA) is 83.0 Å². The molecule has 0 aliphatic carbocycles. The molecule has 0 spiro atoms. The summed E-state index contributed by atoms with van der Waals surface area (Å²) in [4.78, 5) is 11.6. The van der Waals surface area contributed by atoms with Gasteiger partial charge in [-0.2, -0.15) is 0 Å². The standard InChI is InChI=1S/C10H18N4O2/c1-10(2,3)16-9(15)7(11)5-8-13-12-6-14(8)4/h6-7H,5,11H2,1-4H3. The third kappa shape index (κ3) is 3.62. The summed E-state index contributed by atoms with van der Waals surface area (Å²) >= 11 is 0. The van der Waals surface area contributed by atoms with Gasteiger partial charge in [0.1, 0.15) is 23.8 Å². The third-order valence-corrected chi connectivity index (χ3v) is 1.92. The summed E-state index contributed by atoms with van der Waals surface area (Å²) in [5, 5.41) is 7.57. The van der Waals surface area contributed by atoms with Gasteiger partial charge in [0.15, 0.2) is 0 Å². The quantitative estimate of drug-likeness (QED) is 0.735. The first-order chi connectivity index (χ1) is 7.29. The van der Waals surface area contributed by atoms with Gasteiger partial charge in [-0.1, -0.05) is 0 Å². The lowest BCUT2D eigenvalue weighted by molar-refractivity contribution is -0.156. The Balaban J connectivity index is 2.56. The van der Waals surface area contributed by atoms with E-state index in [-0.39, 0.29) is 0 Å². The van der Waals surface area contributed by atoms with Crippen molar-refractivity contribution < 1.29 is 9.53 Å². The number of ether oxygens (including phenoxy) is 1. The molecular weight excluding hydrogens is 208 g/mol. The molecule has 1 aromatic rings. The van der Waals surface area contributed by atoms with Gasteiger partial charge in [-0.3, -0.25) is 4.79 Å². The van der Waals surface area contributed by atoms with Crippen LogP contribution in [0.4, 0.5) is 0 Å². The first-order valence-electron chi connectivity index (χ1n) is 5.11. The van der Waals surface area contributed by atoms with E-state index in [2.05, 4.69) is 10.2 Å². The average molecular weight is 226 g/mol. The Hall–Kier alpha value is -1.43. The van der Waals surface area contributed by atoms with Crippen molar-refractivity contribution in [3.63, 3.8) is 0 Å². The minimum absolute atomic E-state index is 0.325. The fraction of sp³-hybridized carbons (Fsp3) is 0.700. The highest BCUT2D eigenvalue weighted by molar-refractivity contribution is 5.76. The van der Waals surface area contributed by atoms with Crippen LogP contribution in [0.1, 0.15) is 26.6 Å². The number of carbonyl (C=O) groups excluding carboxylic acids is 1. The molecule has 0 saturated heterocycles. The average Bonchev–Trinajstić information content (AvgIpc) is 2.49. The molecule has 1 rings (SSSR count). The minimum Gasteiger partial charge on any atom is -0.459 e. The maximum Gasteiger partial charge on any atom is 0.323 e. The van der Waals surface area contributed by atoms with E-state index in [9.17, 15) is 4.79 Å². The molecule has 0 aliphatic heterocycles. The van der Waals surface area contributed by atoms with Gasteiger partial charge < -0.3 is 15.0 Å². The molecule has 6 heteroatoms. The largest absolute Gasteiger partial charge is 0.459 e. The molecule has 0 bridgehead atoms. The number of aryl methyl sites for hydroxylation is 1. The molecule has 0 radical (unpaired) electrons. The Morgan fingerprint density at radius 1 is 1.62 bits per heavy atom. The zero-order chi connectivity index (χ0) is 12.3. The fourth-order valence-corrected chi connectivity index (χ4v) is 1.15. The van der Waals surface area contributed by atoms with E-state index in [0.717, 1.165) is 0 Å². The van der Waals surface area contributed by atoms with Crippen molar-refractivity contribution in [3.05, 3.63) is 12.2 Å². The second-order valence-electron chi connectivity index (χ2n) is 4.70. The van der Waals surface area contributed by atoms with E-state index < -0.39 is 17.6 Å². The molecular formula is C10H18N4O2. The van der Waals surface area contributed by atoms with Crippen LogP contribution in [-0.4, -0.2) is 32.4 Å². The van der Waals surface area contributed by atoms with Gasteiger partial charge in [-0.15, -0.1) is 10.2 Å². The van der Waals surface area contributed by atoms with Crippen LogP contribution in [0.5, 0.6) is 0 Å². The molecule has 1 unspecified atom stereocenters. The second kappa shape index (κ2) is 4.61. The number of carbonyl (C=O) groups is 1. The van der Waals surface area contributed by atoms with Crippen molar-refractivity contribution in [2.75, 3.05) is 0 Å². The van der Waals surface area contributed by atoms with Gasteiger partial charge in [0.05, 0.1) is 0 Å². The van der Waals surface area contributed by atoms with Crippen molar-refractivity contribution in [1.82, 2.24) is 14.8 Å². The van der Waals surface area contributed by atoms with E-state index in [0.29, 0.717) is 12.2 Å². The predicted octanol–water partition coefficient (Wildman–Crippen LogP) is 0.0266. The summed E-state index contributed by atoms with van der Waals surface area (Å²) in [6.45, 7) is 5.42. The Morgan fingerprint density at radius 2 is 2.25 bits per heavy atom. The number of hydrogen-bond acceptors (Lipinski definition) is 5. The van der Waals surface area contributed by atoms with Crippen molar-refractivity contribution in [2.24, 2.45) is 12.8 Å². The van der Waals surface area contributed by atoms with E-state index >= 15 is 0 Å². The molecule has 0 fully saturated rings. The number of nitrogens with two attached hydrogens (primary N) is 1. The molecule has 0 amide bonds. The van der Waals surface area contributed by atoms with Crippen molar-refractivity contribution in [3.8, 4) is 0 Å². The smallest absolute Gasteiger partial charge is 0.323 e. The first-order valence-corrected chi connectivity index (χ1v) is 5.11. The highest BCUT2D eigenvalue weighted by Crippen LogP contribution is 2.09. The first kappa shape index (κ1) is 12.6. The summed E-state index contributed by atoms with van der Waals surface area (Å²) in [5.41, 5.74) is 5.21. The SMILES string of the molecule is Cn1cnnc1CC(N)C(=O)OC(C)(C)C. The summed E-state index contributed by atoms with van der Waals surface area (Å²) in [6.07, 6.45) is 1.89. The number of nitrogens with zero attached hydrogens (tertiary/aromatic N) is 3. The molecule has 90 valence electrons. The molecule has 2 N–H and O–H groups in total. The molecule has 1 atom stereocenters. The van der Waals surface area contributed by atoms with Crippen LogP contribution in [0.2, 0.25) is 0 Å². The van der Waals surface area contributed by atoms with Crippen LogP contribution in [-0.2, 0) is 23.0 Å². The lowest BCUT2D eigenvalue weighted by Gasteiger charge is -2.21. The Labute approximate surface area is 94.8 Å². The van der Waals surface area contributed by atoms with E-state index in [4.69, 9.17) is 10.5 Å². The van der Waals surface area contributed by atoms with E-state index in [1.165, 1.54) is 0 Å². The summed E-state index contributed by atoms with van der Waals surface area (Å²) < 4.78 is 6.89. The summed E-state index contributed by atoms with van der Waals surface area (Å²) in [7, 11) is 1.80. The van der Waals surface area contributed by atoms with Gasteiger partial charge in [-0.05, 0) is 20.8 Å². The van der Waals surface area contributed by atoms with Crippen molar-refractivity contribution in [2.45, 2.75) is 38.8 Å². The normalized spacial score (nSPS) is 13.6. The van der Waals surface area contributed by atoms with Crippen molar-refractivity contribution >= 4 is 5.97 Å². The van der Waals surface area contributed by atoms with Crippen LogP contribution in [0.15, 0.2) is 6.33 Å². The molecule has 6 nitrogen and oxygen atoms in total. The Kier molecular flexibility index (Phi) is 3.64. The lowest BCUT2D eigenvalue weighted by Crippen LogP contribution is -2.39. The second-order valence-corrected chi connectivity index (χ2v) is 4.70. The molecule has 1 heterocycles. The zero-order valence-corrected chi connectivity index (χ0v) is 10.1. The predicted molar refractivity (Wildman–Crippen MR) is 58.5 cm³/mol. The number of aromatic nitrogens is 3. The Morgan fingerprint density at radius 3 is 2.69 bits per heavy atom. The lowest BCUT2D eigenvalue weighted by atomic mass is 10.1. The minimum atomic E-state index is -0.706. The van der Waals surface area contributed by atoms with Crippen LogP contribution >= 0.6 is 0 Å². The van der Waals surface area contributed by atoms with Crippen LogP contribution < -0.4 is 5.73 Å². The fourth-order valence-electron chi connectivity index (χ4n) is 1.15. The molecule has 0 saturated carbocycles. The van der Waals surface area contributed by atoms with Gasteiger partial charge >= 0.3 is 5.97 Å². The van der Waals surface area contributed by atoms with Gasteiger partial charge in [0.25, 0.3) is 0 Å². The summed E-state index contributed by atoms with van der Waals surface area (Å²) in [6, 6.07) is -0.706. The molecule has 16 heavy (non-hydrogen) atoms. The Bertz CT molecular complexity index is 367. The number of hydrogen-bond donors (Lipinski definition) is 1.